The Morgan fingerprint density at radius 1 is 1.04 bits per heavy atom. The van der Waals surface area contributed by atoms with E-state index in [1.807, 2.05) is 24.3 Å². The van der Waals surface area contributed by atoms with E-state index in [4.69, 9.17) is 16.0 Å². The standard InChI is InChI=1S/C16H19ClN2O3S/c17-15-6-4-14(5-7-15)13-18-8-2-9-19(11-10-18)23(20,21)16-3-1-12-22-16/h1,3-7,12H,2,8-11,13H2. The molecule has 0 aliphatic carbocycles. The third-order valence-electron chi connectivity index (χ3n) is 3.96. The minimum Gasteiger partial charge on any atom is -0.452 e. The van der Waals surface area contributed by atoms with E-state index in [2.05, 4.69) is 4.90 Å². The van der Waals surface area contributed by atoms with Crippen LogP contribution in [0.2, 0.25) is 5.02 Å². The van der Waals surface area contributed by atoms with Crippen molar-refractivity contribution in [2.75, 3.05) is 26.2 Å². The maximum absolute atomic E-state index is 12.5. The van der Waals surface area contributed by atoms with Gasteiger partial charge in [-0.25, -0.2) is 8.42 Å². The lowest BCUT2D eigenvalue weighted by atomic mass is 10.2. The average Bonchev–Trinajstić information content (AvgIpc) is 2.98. The van der Waals surface area contributed by atoms with Crippen molar-refractivity contribution in [2.45, 2.75) is 18.1 Å². The maximum Gasteiger partial charge on any atom is 0.276 e. The molecule has 0 amide bonds. The summed E-state index contributed by atoms with van der Waals surface area (Å²) in [6.45, 7) is 3.35. The molecule has 0 bridgehead atoms. The van der Waals surface area contributed by atoms with Crippen LogP contribution < -0.4 is 0 Å². The first kappa shape index (κ1) is 16.5. The summed E-state index contributed by atoms with van der Waals surface area (Å²) in [5, 5.41) is 0.740. The van der Waals surface area contributed by atoms with Crippen LogP contribution in [0.25, 0.3) is 0 Å². The van der Waals surface area contributed by atoms with E-state index in [9.17, 15) is 8.42 Å². The Morgan fingerprint density at radius 2 is 1.83 bits per heavy atom. The number of halogens is 1. The Bertz CT molecular complexity index is 729. The van der Waals surface area contributed by atoms with Crippen LogP contribution in [0, 0.1) is 0 Å². The van der Waals surface area contributed by atoms with Crippen LogP contribution in [0.4, 0.5) is 0 Å². The Kier molecular flexibility index (Phi) is 5.06. The maximum atomic E-state index is 12.5. The number of furan rings is 1. The molecule has 0 N–H and O–H groups in total. The van der Waals surface area contributed by atoms with Crippen molar-refractivity contribution < 1.29 is 12.8 Å². The summed E-state index contributed by atoms with van der Waals surface area (Å²) in [6, 6.07) is 10.9. The van der Waals surface area contributed by atoms with Gasteiger partial charge in [0.25, 0.3) is 10.0 Å². The van der Waals surface area contributed by atoms with Crippen molar-refractivity contribution in [3.8, 4) is 0 Å². The Labute approximate surface area is 141 Å². The highest BCUT2D eigenvalue weighted by Gasteiger charge is 2.28. The van der Waals surface area contributed by atoms with Crippen molar-refractivity contribution in [2.24, 2.45) is 0 Å². The van der Waals surface area contributed by atoms with Crippen LogP contribution in [-0.4, -0.2) is 43.8 Å². The number of rotatable bonds is 4. The summed E-state index contributed by atoms with van der Waals surface area (Å²) in [7, 11) is -3.52. The van der Waals surface area contributed by atoms with E-state index in [0.29, 0.717) is 19.6 Å². The van der Waals surface area contributed by atoms with Gasteiger partial charge in [0.15, 0.2) is 0 Å². The van der Waals surface area contributed by atoms with Gasteiger partial charge in [-0.05, 0) is 42.8 Å². The van der Waals surface area contributed by atoms with Gasteiger partial charge in [-0.2, -0.15) is 4.31 Å². The zero-order valence-electron chi connectivity index (χ0n) is 12.7. The summed E-state index contributed by atoms with van der Waals surface area (Å²) in [4.78, 5) is 2.26. The highest BCUT2D eigenvalue weighted by atomic mass is 35.5. The molecule has 2 heterocycles. The van der Waals surface area contributed by atoms with E-state index in [1.165, 1.54) is 22.2 Å². The second-order valence-corrected chi connectivity index (χ2v) is 7.90. The van der Waals surface area contributed by atoms with Crippen molar-refractivity contribution in [1.82, 2.24) is 9.21 Å². The molecule has 0 unspecified atom stereocenters. The second kappa shape index (κ2) is 7.05. The van der Waals surface area contributed by atoms with Gasteiger partial charge in [0.05, 0.1) is 6.26 Å². The fourth-order valence-electron chi connectivity index (χ4n) is 2.73. The molecule has 2 aromatic rings. The van der Waals surface area contributed by atoms with Gasteiger partial charge in [0.2, 0.25) is 5.09 Å². The number of sulfonamides is 1. The zero-order chi connectivity index (χ0) is 16.3. The van der Waals surface area contributed by atoms with Crippen LogP contribution in [0.1, 0.15) is 12.0 Å². The number of benzene rings is 1. The van der Waals surface area contributed by atoms with Crippen molar-refractivity contribution in [3.63, 3.8) is 0 Å². The monoisotopic (exact) mass is 354 g/mol. The highest BCUT2D eigenvalue weighted by molar-refractivity contribution is 7.89. The summed E-state index contributed by atoms with van der Waals surface area (Å²) in [5.41, 5.74) is 1.18. The van der Waals surface area contributed by atoms with Gasteiger partial charge in [0.1, 0.15) is 0 Å². The Morgan fingerprint density at radius 3 is 2.52 bits per heavy atom. The zero-order valence-corrected chi connectivity index (χ0v) is 14.3. The van der Waals surface area contributed by atoms with E-state index in [-0.39, 0.29) is 5.09 Å². The fraction of sp³-hybridized carbons (Fsp3) is 0.375. The number of hydrogen-bond acceptors (Lipinski definition) is 4. The lowest BCUT2D eigenvalue weighted by molar-refractivity contribution is 0.278. The molecule has 1 fully saturated rings. The van der Waals surface area contributed by atoms with Crippen LogP contribution in [-0.2, 0) is 16.6 Å². The van der Waals surface area contributed by atoms with Crippen LogP contribution >= 0.6 is 11.6 Å². The van der Waals surface area contributed by atoms with Crippen LogP contribution in [0.3, 0.4) is 0 Å². The van der Waals surface area contributed by atoms with E-state index >= 15 is 0 Å². The van der Waals surface area contributed by atoms with E-state index in [0.717, 1.165) is 24.5 Å². The molecule has 1 saturated heterocycles. The van der Waals surface area contributed by atoms with Crippen LogP contribution in [0.15, 0.2) is 52.2 Å². The normalized spacial score (nSPS) is 18.0. The van der Waals surface area contributed by atoms with E-state index < -0.39 is 10.0 Å². The summed E-state index contributed by atoms with van der Waals surface area (Å²) in [5.74, 6) is 0. The van der Waals surface area contributed by atoms with Gasteiger partial charge < -0.3 is 4.42 Å². The predicted octanol–water partition coefficient (Wildman–Crippen LogP) is 2.83. The van der Waals surface area contributed by atoms with Gasteiger partial charge in [-0.1, -0.05) is 23.7 Å². The van der Waals surface area contributed by atoms with Gasteiger partial charge >= 0.3 is 0 Å². The largest absolute Gasteiger partial charge is 0.452 e. The predicted molar refractivity (Wildman–Crippen MR) is 88.8 cm³/mol. The van der Waals surface area contributed by atoms with Crippen molar-refractivity contribution in [1.29, 1.82) is 0 Å². The molecule has 1 aliphatic rings. The molecule has 124 valence electrons. The van der Waals surface area contributed by atoms with Crippen LogP contribution in [0.5, 0.6) is 0 Å². The first-order chi connectivity index (χ1) is 11.1. The quantitative estimate of drug-likeness (QED) is 0.847. The summed E-state index contributed by atoms with van der Waals surface area (Å²) < 4.78 is 31.6. The summed E-state index contributed by atoms with van der Waals surface area (Å²) >= 11 is 5.90. The molecule has 0 spiro atoms. The molecule has 0 saturated carbocycles. The van der Waals surface area contributed by atoms with Crippen molar-refractivity contribution >= 4 is 21.6 Å². The molecular weight excluding hydrogens is 336 g/mol. The smallest absolute Gasteiger partial charge is 0.276 e. The lowest BCUT2D eigenvalue weighted by Gasteiger charge is -2.21. The minimum atomic E-state index is -3.52. The minimum absolute atomic E-state index is 0.0173. The Balaban J connectivity index is 1.64. The third kappa shape index (κ3) is 3.95. The molecule has 1 aromatic carbocycles. The topological polar surface area (TPSA) is 53.8 Å². The average molecular weight is 355 g/mol. The molecule has 0 radical (unpaired) electrons. The first-order valence-electron chi connectivity index (χ1n) is 7.56. The summed E-state index contributed by atoms with van der Waals surface area (Å²) in [6.07, 6.45) is 2.19. The SMILES string of the molecule is O=S(=O)(c1ccco1)N1CCCN(Cc2ccc(Cl)cc2)CC1. The molecule has 5 nitrogen and oxygen atoms in total. The van der Waals surface area contributed by atoms with Gasteiger partial charge in [0, 0.05) is 31.2 Å². The van der Waals surface area contributed by atoms with E-state index in [1.54, 1.807) is 6.07 Å². The third-order valence-corrected chi connectivity index (χ3v) is 5.99. The molecular formula is C16H19ClN2O3S. The van der Waals surface area contributed by atoms with Gasteiger partial charge in [-0.3, -0.25) is 4.90 Å². The van der Waals surface area contributed by atoms with Gasteiger partial charge in [-0.15, -0.1) is 0 Å². The molecule has 1 aromatic heterocycles. The van der Waals surface area contributed by atoms with Crippen molar-refractivity contribution in [3.05, 3.63) is 53.2 Å². The molecule has 3 rings (SSSR count). The fourth-order valence-corrected chi connectivity index (χ4v) is 4.23. The molecule has 0 atom stereocenters. The number of hydrogen-bond donors (Lipinski definition) is 0. The number of nitrogens with zero attached hydrogens (tertiary/aromatic N) is 2. The second-order valence-electron chi connectivity index (χ2n) is 5.59. The molecule has 7 heteroatoms. The lowest BCUT2D eigenvalue weighted by Crippen LogP contribution is -2.34. The first-order valence-corrected chi connectivity index (χ1v) is 9.38. The Hall–Kier alpha value is -1.34. The molecule has 23 heavy (non-hydrogen) atoms. The highest BCUT2D eigenvalue weighted by Crippen LogP contribution is 2.19. The molecule has 1 aliphatic heterocycles.